The van der Waals surface area contributed by atoms with Crippen LogP contribution in [0.1, 0.15) is 15.9 Å². The average Bonchev–Trinajstić information content (AvgIpc) is 2.82. The Bertz CT molecular complexity index is 1250. The Hall–Kier alpha value is -3.56. The normalized spacial score (nSPS) is 10.8. The first-order chi connectivity index (χ1) is 15.8. The molecule has 0 aliphatic carbocycles. The van der Waals surface area contributed by atoms with Crippen LogP contribution in [0.15, 0.2) is 77.7 Å². The van der Waals surface area contributed by atoms with Crippen molar-refractivity contribution < 1.29 is 27.5 Å². The Morgan fingerprint density at radius 2 is 1.70 bits per heavy atom. The number of carbonyl (C=O) groups is 2. The maximum absolute atomic E-state index is 12.8. The molecule has 0 heterocycles. The van der Waals surface area contributed by atoms with E-state index in [9.17, 15) is 18.0 Å². The van der Waals surface area contributed by atoms with E-state index >= 15 is 0 Å². The van der Waals surface area contributed by atoms with Crippen LogP contribution in [-0.4, -0.2) is 34.0 Å². The zero-order valence-corrected chi connectivity index (χ0v) is 19.2. The number of ether oxygens (including phenoxy) is 2. The number of hydrogen-bond donors (Lipinski definition) is 2. The lowest BCUT2D eigenvalue weighted by atomic mass is 10.2. The van der Waals surface area contributed by atoms with Crippen LogP contribution in [0.3, 0.4) is 0 Å². The second-order valence-corrected chi connectivity index (χ2v) is 8.93. The molecule has 3 rings (SSSR count). The van der Waals surface area contributed by atoms with Crippen molar-refractivity contribution in [2.75, 3.05) is 18.4 Å². The third-order valence-electron chi connectivity index (χ3n) is 4.47. The van der Waals surface area contributed by atoms with E-state index in [-0.39, 0.29) is 22.7 Å². The highest BCUT2D eigenvalue weighted by atomic mass is 35.5. The fraction of sp³-hybridized carbons (Fsp3) is 0.130. The first kappa shape index (κ1) is 24.1. The van der Waals surface area contributed by atoms with Crippen molar-refractivity contribution in [2.45, 2.75) is 11.4 Å². The van der Waals surface area contributed by atoms with E-state index in [1.807, 2.05) is 0 Å². The summed E-state index contributed by atoms with van der Waals surface area (Å²) < 4.78 is 38.1. The van der Waals surface area contributed by atoms with Gasteiger partial charge in [-0.1, -0.05) is 41.9 Å². The molecule has 2 N–H and O–H groups in total. The van der Waals surface area contributed by atoms with Crippen molar-refractivity contribution in [3.8, 4) is 5.75 Å². The molecular formula is C23H21ClN2O6S. The van der Waals surface area contributed by atoms with Crippen molar-refractivity contribution in [3.05, 3.63) is 88.9 Å². The van der Waals surface area contributed by atoms with Gasteiger partial charge in [0, 0.05) is 11.6 Å². The largest absolute Gasteiger partial charge is 0.495 e. The lowest BCUT2D eigenvalue weighted by molar-refractivity contribution is -0.124. The van der Waals surface area contributed by atoms with Crippen molar-refractivity contribution in [3.63, 3.8) is 0 Å². The first-order valence-corrected chi connectivity index (χ1v) is 11.6. The highest BCUT2D eigenvalue weighted by Crippen LogP contribution is 2.26. The molecule has 0 spiro atoms. The van der Waals surface area contributed by atoms with E-state index in [0.717, 1.165) is 5.56 Å². The van der Waals surface area contributed by atoms with Gasteiger partial charge in [0.15, 0.2) is 6.61 Å². The Labute approximate surface area is 196 Å². The molecule has 3 aromatic carbocycles. The molecule has 0 saturated heterocycles. The standard InChI is InChI=1S/C23H21ClN2O6S/c1-31-21-8-3-2-7-20(21)26-33(29,30)19-6-4-5-17(13-19)23(28)32-15-22(27)25-14-16-9-11-18(24)12-10-16/h2-13,26H,14-15H2,1H3,(H,25,27). The summed E-state index contributed by atoms with van der Waals surface area (Å²) in [5.74, 6) is -0.979. The lowest BCUT2D eigenvalue weighted by Gasteiger charge is -2.12. The zero-order valence-electron chi connectivity index (χ0n) is 17.6. The highest BCUT2D eigenvalue weighted by molar-refractivity contribution is 7.92. The second-order valence-electron chi connectivity index (χ2n) is 6.81. The molecular weight excluding hydrogens is 468 g/mol. The van der Waals surface area contributed by atoms with E-state index in [4.69, 9.17) is 21.1 Å². The number of anilines is 1. The third kappa shape index (κ3) is 6.71. The summed E-state index contributed by atoms with van der Waals surface area (Å²) in [5, 5.41) is 3.21. The summed E-state index contributed by atoms with van der Waals surface area (Å²) in [6, 6.07) is 18.8. The summed E-state index contributed by atoms with van der Waals surface area (Å²) >= 11 is 5.82. The maximum Gasteiger partial charge on any atom is 0.338 e. The Kier molecular flexibility index (Phi) is 7.92. The van der Waals surface area contributed by atoms with E-state index in [0.29, 0.717) is 10.8 Å². The summed E-state index contributed by atoms with van der Waals surface area (Å²) in [6.45, 7) is -0.265. The van der Waals surface area contributed by atoms with E-state index in [1.54, 1.807) is 48.5 Å². The quantitative estimate of drug-likeness (QED) is 0.445. The van der Waals surface area contributed by atoms with Crippen LogP contribution in [0, 0.1) is 0 Å². The van der Waals surface area contributed by atoms with Gasteiger partial charge in [-0.2, -0.15) is 0 Å². The van der Waals surface area contributed by atoms with Crippen LogP contribution in [0.4, 0.5) is 5.69 Å². The number of methoxy groups -OCH3 is 1. The van der Waals surface area contributed by atoms with Gasteiger partial charge in [0.2, 0.25) is 0 Å². The predicted molar refractivity (Wildman–Crippen MR) is 124 cm³/mol. The van der Waals surface area contributed by atoms with Crippen LogP contribution in [0.25, 0.3) is 0 Å². The monoisotopic (exact) mass is 488 g/mol. The first-order valence-electron chi connectivity index (χ1n) is 9.72. The third-order valence-corrected chi connectivity index (χ3v) is 6.08. The van der Waals surface area contributed by atoms with E-state index in [1.165, 1.54) is 31.4 Å². The summed E-state index contributed by atoms with van der Waals surface area (Å²) in [5.41, 5.74) is 1.08. The molecule has 0 radical (unpaired) electrons. The molecule has 0 saturated carbocycles. The molecule has 0 unspecified atom stereocenters. The van der Waals surface area contributed by atoms with Gasteiger partial charge in [-0.05, 0) is 48.0 Å². The van der Waals surface area contributed by atoms with Crippen LogP contribution < -0.4 is 14.8 Å². The fourth-order valence-electron chi connectivity index (χ4n) is 2.79. The van der Waals surface area contributed by atoms with E-state index in [2.05, 4.69) is 10.0 Å². The highest BCUT2D eigenvalue weighted by Gasteiger charge is 2.19. The lowest BCUT2D eigenvalue weighted by Crippen LogP contribution is -2.28. The second kappa shape index (κ2) is 10.8. The Morgan fingerprint density at radius 3 is 2.42 bits per heavy atom. The molecule has 0 fully saturated rings. The Balaban J connectivity index is 1.60. The molecule has 172 valence electrons. The number of para-hydroxylation sites is 2. The SMILES string of the molecule is COc1ccccc1NS(=O)(=O)c1cccc(C(=O)OCC(=O)NCc2ccc(Cl)cc2)c1. The van der Waals surface area contributed by atoms with Gasteiger partial charge in [0.25, 0.3) is 15.9 Å². The van der Waals surface area contributed by atoms with Crippen LogP contribution in [0.2, 0.25) is 5.02 Å². The molecule has 1 amide bonds. The molecule has 0 aromatic heterocycles. The predicted octanol–water partition coefficient (Wildman–Crippen LogP) is 3.62. The number of rotatable bonds is 9. The molecule has 8 nitrogen and oxygen atoms in total. The summed E-state index contributed by atoms with van der Waals surface area (Å²) in [7, 11) is -2.58. The molecule has 0 aliphatic heterocycles. The van der Waals surface area contributed by atoms with Crippen molar-refractivity contribution in [1.82, 2.24) is 5.32 Å². The number of benzene rings is 3. The molecule has 10 heteroatoms. The van der Waals surface area contributed by atoms with Crippen LogP contribution in [0.5, 0.6) is 5.75 Å². The van der Waals surface area contributed by atoms with Gasteiger partial charge in [0.05, 0.1) is 23.3 Å². The fourth-order valence-corrected chi connectivity index (χ4v) is 4.03. The molecule has 0 bridgehead atoms. The van der Waals surface area contributed by atoms with Crippen molar-refractivity contribution in [1.29, 1.82) is 0 Å². The van der Waals surface area contributed by atoms with Crippen LogP contribution >= 0.6 is 11.6 Å². The van der Waals surface area contributed by atoms with Gasteiger partial charge in [-0.25, -0.2) is 13.2 Å². The minimum atomic E-state index is -4.00. The van der Waals surface area contributed by atoms with E-state index < -0.39 is 28.5 Å². The smallest absolute Gasteiger partial charge is 0.338 e. The number of sulfonamides is 1. The number of nitrogens with one attached hydrogen (secondary N) is 2. The zero-order chi connectivity index (χ0) is 23.8. The van der Waals surface area contributed by atoms with Gasteiger partial charge >= 0.3 is 5.97 Å². The topological polar surface area (TPSA) is 111 Å². The summed E-state index contributed by atoms with van der Waals surface area (Å²) in [6.07, 6.45) is 0. The van der Waals surface area contributed by atoms with Gasteiger partial charge in [0.1, 0.15) is 5.75 Å². The van der Waals surface area contributed by atoms with Crippen molar-refractivity contribution >= 4 is 39.2 Å². The molecule has 33 heavy (non-hydrogen) atoms. The minimum Gasteiger partial charge on any atom is -0.495 e. The average molecular weight is 489 g/mol. The number of hydrogen-bond acceptors (Lipinski definition) is 6. The van der Waals surface area contributed by atoms with Gasteiger partial charge in [-0.15, -0.1) is 0 Å². The number of halogens is 1. The maximum atomic E-state index is 12.8. The van der Waals surface area contributed by atoms with Crippen LogP contribution in [-0.2, 0) is 26.1 Å². The number of amides is 1. The summed E-state index contributed by atoms with van der Waals surface area (Å²) in [4.78, 5) is 24.2. The number of carbonyl (C=O) groups excluding carboxylic acids is 2. The number of esters is 1. The Morgan fingerprint density at radius 1 is 0.970 bits per heavy atom. The van der Waals surface area contributed by atoms with Gasteiger partial charge in [-0.3, -0.25) is 9.52 Å². The molecule has 0 atom stereocenters. The molecule has 3 aromatic rings. The van der Waals surface area contributed by atoms with Crippen molar-refractivity contribution in [2.24, 2.45) is 0 Å². The minimum absolute atomic E-state index is 0.0107. The molecule has 0 aliphatic rings. The van der Waals surface area contributed by atoms with Gasteiger partial charge < -0.3 is 14.8 Å².